The molecule has 0 bridgehead atoms. The summed E-state index contributed by atoms with van der Waals surface area (Å²) in [4.78, 5) is 11.6. The van der Waals surface area contributed by atoms with Crippen LogP contribution in [0.3, 0.4) is 0 Å². The molecule has 0 aliphatic rings. The Labute approximate surface area is 129 Å². The van der Waals surface area contributed by atoms with Gasteiger partial charge in [0.05, 0.1) is 4.47 Å². The lowest BCUT2D eigenvalue weighted by Gasteiger charge is -2.21. The first-order valence-electron chi connectivity index (χ1n) is 6.64. The highest BCUT2D eigenvalue weighted by Crippen LogP contribution is 2.31. The van der Waals surface area contributed by atoms with Crippen molar-refractivity contribution in [1.29, 1.82) is 0 Å². The van der Waals surface area contributed by atoms with Gasteiger partial charge in [-0.05, 0) is 59.8 Å². The molecule has 4 heteroatoms. The van der Waals surface area contributed by atoms with E-state index in [-0.39, 0.29) is 18.0 Å². The van der Waals surface area contributed by atoms with Crippen molar-refractivity contribution < 1.29 is 14.3 Å². The zero-order valence-electron chi connectivity index (χ0n) is 13.0. The molecule has 0 saturated heterocycles. The first-order valence-corrected chi connectivity index (χ1v) is 7.43. The van der Waals surface area contributed by atoms with Crippen LogP contribution in [-0.4, -0.2) is 18.2 Å². The maximum absolute atomic E-state index is 11.6. The van der Waals surface area contributed by atoms with Gasteiger partial charge in [-0.2, -0.15) is 0 Å². The number of hydrogen-bond acceptors (Lipinski definition) is 3. The first kappa shape index (κ1) is 17.0. The van der Waals surface area contributed by atoms with E-state index in [1.54, 1.807) is 0 Å². The Balaban J connectivity index is 2.68. The van der Waals surface area contributed by atoms with Gasteiger partial charge in [-0.1, -0.05) is 26.8 Å². The fourth-order valence-electron chi connectivity index (χ4n) is 1.59. The van der Waals surface area contributed by atoms with Gasteiger partial charge in [-0.15, -0.1) is 0 Å². The van der Waals surface area contributed by atoms with Crippen molar-refractivity contribution in [3.63, 3.8) is 0 Å². The maximum Gasteiger partial charge on any atom is 0.344 e. The van der Waals surface area contributed by atoms with Crippen LogP contribution in [0.5, 0.6) is 5.75 Å². The Kier molecular flexibility index (Phi) is 5.25. The standard InChI is InChI=1S/C16H23BrO3/c1-15(2,3)11-7-8-13(12(17)9-11)19-10-14(18)20-16(4,5)6/h7-9H,10H2,1-6H3. The molecule has 1 rings (SSSR count). The van der Waals surface area contributed by atoms with E-state index in [2.05, 4.69) is 36.7 Å². The van der Waals surface area contributed by atoms with Crippen LogP contribution in [0.25, 0.3) is 0 Å². The summed E-state index contributed by atoms with van der Waals surface area (Å²) in [5.74, 6) is 0.271. The highest BCUT2D eigenvalue weighted by atomic mass is 79.9. The molecule has 0 heterocycles. The van der Waals surface area contributed by atoms with E-state index < -0.39 is 5.60 Å². The van der Waals surface area contributed by atoms with Crippen molar-refractivity contribution in [2.75, 3.05) is 6.61 Å². The van der Waals surface area contributed by atoms with E-state index >= 15 is 0 Å². The van der Waals surface area contributed by atoms with Crippen molar-refractivity contribution in [3.05, 3.63) is 28.2 Å². The van der Waals surface area contributed by atoms with Crippen molar-refractivity contribution in [1.82, 2.24) is 0 Å². The Morgan fingerprint density at radius 3 is 2.20 bits per heavy atom. The van der Waals surface area contributed by atoms with Crippen molar-refractivity contribution in [2.24, 2.45) is 0 Å². The second-order valence-corrected chi connectivity index (χ2v) is 7.62. The summed E-state index contributed by atoms with van der Waals surface area (Å²) in [7, 11) is 0. The topological polar surface area (TPSA) is 35.5 Å². The van der Waals surface area contributed by atoms with Crippen LogP contribution in [0.15, 0.2) is 22.7 Å². The van der Waals surface area contributed by atoms with Crippen molar-refractivity contribution in [2.45, 2.75) is 52.6 Å². The second-order valence-electron chi connectivity index (χ2n) is 6.77. The highest BCUT2D eigenvalue weighted by Gasteiger charge is 2.18. The average molecular weight is 343 g/mol. The van der Waals surface area contributed by atoms with E-state index in [0.717, 1.165) is 4.47 Å². The molecule has 0 atom stereocenters. The van der Waals surface area contributed by atoms with Crippen molar-refractivity contribution >= 4 is 21.9 Å². The summed E-state index contributed by atoms with van der Waals surface area (Å²) in [6, 6.07) is 5.90. The molecule has 112 valence electrons. The Morgan fingerprint density at radius 2 is 1.75 bits per heavy atom. The molecule has 0 amide bonds. The Bertz CT molecular complexity index is 481. The van der Waals surface area contributed by atoms with Crippen LogP contribution in [0, 0.1) is 0 Å². The molecular formula is C16H23BrO3. The lowest BCUT2D eigenvalue weighted by atomic mass is 9.87. The minimum atomic E-state index is -0.492. The van der Waals surface area contributed by atoms with Gasteiger partial charge in [0.15, 0.2) is 6.61 Å². The van der Waals surface area contributed by atoms with Gasteiger partial charge >= 0.3 is 5.97 Å². The van der Waals surface area contributed by atoms with Gasteiger partial charge < -0.3 is 9.47 Å². The van der Waals surface area contributed by atoms with Gasteiger partial charge in [0.25, 0.3) is 0 Å². The molecule has 20 heavy (non-hydrogen) atoms. The van der Waals surface area contributed by atoms with Gasteiger partial charge in [-0.25, -0.2) is 4.79 Å². The number of carbonyl (C=O) groups excluding carboxylic acids is 1. The monoisotopic (exact) mass is 342 g/mol. The quantitative estimate of drug-likeness (QED) is 0.760. The number of ether oxygens (including phenoxy) is 2. The Morgan fingerprint density at radius 1 is 1.15 bits per heavy atom. The third kappa shape index (κ3) is 5.53. The van der Waals surface area contributed by atoms with Gasteiger partial charge in [0.2, 0.25) is 0 Å². The summed E-state index contributed by atoms with van der Waals surface area (Å²) in [6.45, 7) is 11.9. The molecule has 0 saturated carbocycles. The molecule has 0 spiro atoms. The second kappa shape index (κ2) is 6.17. The van der Waals surface area contributed by atoms with E-state index in [9.17, 15) is 4.79 Å². The number of benzene rings is 1. The van der Waals surface area contributed by atoms with Gasteiger partial charge in [-0.3, -0.25) is 0 Å². The fraction of sp³-hybridized carbons (Fsp3) is 0.562. The van der Waals surface area contributed by atoms with Crippen LogP contribution >= 0.6 is 15.9 Å². The summed E-state index contributed by atoms with van der Waals surface area (Å²) in [5.41, 5.74) is 0.786. The zero-order chi connectivity index (χ0) is 15.6. The first-order chi connectivity index (χ1) is 8.99. The maximum atomic E-state index is 11.6. The molecular weight excluding hydrogens is 320 g/mol. The third-order valence-corrected chi connectivity index (χ3v) is 3.18. The summed E-state index contributed by atoms with van der Waals surface area (Å²) in [5, 5.41) is 0. The minimum absolute atomic E-state index is 0.0756. The molecule has 3 nitrogen and oxygen atoms in total. The van der Waals surface area contributed by atoms with E-state index in [4.69, 9.17) is 9.47 Å². The molecule has 0 aliphatic carbocycles. The lowest BCUT2D eigenvalue weighted by molar-refractivity contribution is -0.157. The predicted molar refractivity (Wildman–Crippen MR) is 84.2 cm³/mol. The highest BCUT2D eigenvalue weighted by molar-refractivity contribution is 9.10. The predicted octanol–water partition coefficient (Wildman–Crippen LogP) is 4.47. The molecule has 1 aromatic rings. The van der Waals surface area contributed by atoms with Crippen LogP contribution in [0.4, 0.5) is 0 Å². The van der Waals surface area contributed by atoms with Crippen LogP contribution in [0.2, 0.25) is 0 Å². The molecule has 0 unspecified atom stereocenters. The zero-order valence-corrected chi connectivity index (χ0v) is 14.6. The van der Waals surface area contributed by atoms with E-state index in [0.29, 0.717) is 5.75 Å². The van der Waals surface area contributed by atoms with Crippen LogP contribution in [0.1, 0.15) is 47.1 Å². The number of rotatable bonds is 3. The summed E-state index contributed by atoms with van der Waals surface area (Å²) < 4.78 is 11.5. The fourth-order valence-corrected chi connectivity index (χ4v) is 2.09. The van der Waals surface area contributed by atoms with Crippen molar-refractivity contribution in [3.8, 4) is 5.75 Å². The number of halogens is 1. The third-order valence-electron chi connectivity index (χ3n) is 2.56. The smallest absolute Gasteiger partial charge is 0.344 e. The summed E-state index contributed by atoms with van der Waals surface area (Å²) in [6.07, 6.45) is 0. The molecule has 0 aromatic heterocycles. The van der Waals surface area contributed by atoms with Crippen LogP contribution in [-0.2, 0) is 14.9 Å². The molecule has 0 radical (unpaired) electrons. The van der Waals surface area contributed by atoms with Gasteiger partial charge in [0.1, 0.15) is 11.4 Å². The SMILES string of the molecule is CC(C)(C)OC(=O)COc1ccc(C(C)(C)C)cc1Br. The molecule has 1 aromatic carbocycles. The molecule has 0 fully saturated rings. The van der Waals surface area contributed by atoms with Gasteiger partial charge in [0, 0.05) is 0 Å². The number of esters is 1. The van der Waals surface area contributed by atoms with Crippen LogP contribution < -0.4 is 4.74 Å². The average Bonchev–Trinajstić information content (AvgIpc) is 2.23. The van der Waals surface area contributed by atoms with E-state index in [1.165, 1.54) is 5.56 Å². The molecule has 0 aliphatic heterocycles. The largest absolute Gasteiger partial charge is 0.481 e. The molecule has 0 N–H and O–H groups in total. The summed E-state index contributed by atoms with van der Waals surface area (Å²) >= 11 is 3.47. The minimum Gasteiger partial charge on any atom is -0.481 e. The Hall–Kier alpha value is -1.03. The van der Waals surface area contributed by atoms with E-state index in [1.807, 2.05) is 39.0 Å². The number of hydrogen-bond donors (Lipinski definition) is 0. The normalized spacial score (nSPS) is 12.2. The number of carbonyl (C=O) groups is 1. The lowest BCUT2D eigenvalue weighted by Crippen LogP contribution is -2.27.